The minimum Gasteiger partial charge on any atom is -0.396 e. The molecule has 0 aromatic carbocycles. The van der Waals surface area contributed by atoms with Gasteiger partial charge in [0.05, 0.1) is 0 Å². The summed E-state index contributed by atoms with van der Waals surface area (Å²) >= 11 is 0. The molecule has 3 rings (SSSR count). The molecular weight excluding hydrogens is 164 g/mol. The average Bonchev–Trinajstić information content (AvgIpc) is 2.56. The fraction of sp³-hybridized carbons (Fsp3) is 0.600. The molecule has 0 amide bonds. The molecule has 2 heterocycles. The lowest BCUT2D eigenvalue weighted by Gasteiger charge is -2.36. The van der Waals surface area contributed by atoms with Crippen molar-refractivity contribution in [3.05, 3.63) is 22.0 Å². The Morgan fingerprint density at radius 3 is 2.67 bits per heavy atom. The van der Waals surface area contributed by atoms with Crippen LogP contribution in [0.5, 0.6) is 0 Å². The highest BCUT2D eigenvalue weighted by atomic mass is 28.3. The first-order chi connectivity index (χ1) is 5.68. The lowest BCUT2D eigenvalue weighted by molar-refractivity contribution is 0.288. The fourth-order valence-corrected chi connectivity index (χ4v) is 5.57. The van der Waals surface area contributed by atoms with Gasteiger partial charge in [0, 0.05) is 6.61 Å². The summed E-state index contributed by atoms with van der Waals surface area (Å²) in [6.07, 6.45) is 6.58. The first-order valence-electron chi connectivity index (χ1n) is 4.63. The van der Waals surface area contributed by atoms with Crippen molar-refractivity contribution >= 4 is 8.07 Å². The standard InChI is InChI=1S/C10H15OSi/c1-12(2)9-5-6-10(12)8(9)4-3-7-11/h11H,3-5,7H2,1-2H3. The smallest absolute Gasteiger partial charge is 0.109 e. The summed E-state index contributed by atoms with van der Waals surface area (Å²) in [5.41, 5.74) is 1.56. The van der Waals surface area contributed by atoms with Crippen molar-refractivity contribution in [2.24, 2.45) is 0 Å². The van der Waals surface area contributed by atoms with Gasteiger partial charge >= 0.3 is 0 Å². The van der Waals surface area contributed by atoms with Crippen molar-refractivity contribution in [2.45, 2.75) is 32.4 Å². The SMILES string of the molecule is C[Si]1(C)C2=[C]CC1=C2CCCO. The van der Waals surface area contributed by atoms with Gasteiger partial charge in [0.25, 0.3) is 0 Å². The molecule has 12 heavy (non-hydrogen) atoms. The Balaban J connectivity index is 2.12. The normalized spacial score (nSPS) is 24.1. The molecule has 0 fully saturated rings. The summed E-state index contributed by atoms with van der Waals surface area (Å²) in [5, 5.41) is 12.0. The number of fused-ring (bicyclic) bond motifs is 1. The Morgan fingerprint density at radius 2 is 2.25 bits per heavy atom. The van der Waals surface area contributed by atoms with Crippen LogP contribution in [-0.4, -0.2) is 19.8 Å². The molecule has 2 bridgehead atoms. The lowest BCUT2D eigenvalue weighted by Crippen LogP contribution is -2.39. The molecule has 1 aliphatic carbocycles. The van der Waals surface area contributed by atoms with Gasteiger partial charge in [-0.05, 0) is 30.5 Å². The highest BCUT2D eigenvalue weighted by Gasteiger charge is 2.46. The van der Waals surface area contributed by atoms with Gasteiger partial charge in [-0.1, -0.05) is 23.9 Å². The summed E-state index contributed by atoms with van der Waals surface area (Å²) < 4.78 is 0. The average molecular weight is 179 g/mol. The predicted octanol–water partition coefficient (Wildman–Crippen LogP) is 1.99. The highest BCUT2D eigenvalue weighted by Crippen LogP contribution is 2.50. The maximum Gasteiger partial charge on any atom is 0.109 e. The minimum absolute atomic E-state index is 0.325. The molecular formula is C10H15OSi. The molecule has 0 saturated heterocycles. The highest BCUT2D eigenvalue weighted by molar-refractivity contribution is 6.95. The van der Waals surface area contributed by atoms with Crippen LogP contribution in [0.4, 0.5) is 0 Å². The third-order valence-corrected chi connectivity index (χ3v) is 6.79. The quantitative estimate of drug-likeness (QED) is 0.657. The zero-order chi connectivity index (χ0) is 8.77. The molecule has 65 valence electrons. The molecule has 0 atom stereocenters. The van der Waals surface area contributed by atoms with Crippen LogP contribution >= 0.6 is 0 Å². The molecule has 0 unspecified atom stereocenters. The van der Waals surface area contributed by atoms with Gasteiger partial charge in [0.15, 0.2) is 0 Å². The summed E-state index contributed by atoms with van der Waals surface area (Å²) in [6, 6.07) is 0. The van der Waals surface area contributed by atoms with E-state index in [0.717, 1.165) is 19.3 Å². The minimum atomic E-state index is -1.06. The van der Waals surface area contributed by atoms with E-state index in [2.05, 4.69) is 19.2 Å². The number of allylic oxidation sites excluding steroid dienone is 4. The Hall–Kier alpha value is -0.343. The van der Waals surface area contributed by atoms with Crippen LogP contribution in [0, 0.1) is 6.08 Å². The Kier molecular flexibility index (Phi) is 1.77. The monoisotopic (exact) mass is 179 g/mol. The van der Waals surface area contributed by atoms with E-state index in [9.17, 15) is 0 Å². The molecule has 3 aliphatic rings. The van der Waals surface area contributed by atoms with Crippen molar-refractivity contribution in [3.63, 3.8) is 0 Å². The van der Waals surface area contributed by atoms with E-state index in [0.29, 0.717) is 6.61 Å². The van der Waals surface area contributed by atoms with Crippen molar-refractivity contribution in [2.75, 3.05) is 6.61 Å². The maximum absolute atomic E-state index is 8.72. The molecule has 0 aromatic heterocycles. The summed E-state index contributed by atoms with van der Waals surface area (Å²) in [4.78, 5) is 0. The Bertz CT molecular complexity index is 274. The van der Waals surface area contributed by atoms with Crippen LogP contribution in [0.1, 0.15) is 19.3 Å². The zero-order valence-electron chi connectivity index (χ0n) is 7.78. The van der Waals surface area contributed by atoms with Crippen LogP contribution in [0.15, 0.2) is 16.0 Å². The molecule has 1 N–H and O–H groups in total. The molecule has 1 radical (unpaired) electrons. The third-order valence-electron chi connectivity index (χ3n) is 3.07. The Labute approximate surface area is 74.8 Å². The van der Waals surface area contributed by atoms with Crippen molar-refractivity contribution in [1.29, 1.82) is 0 Å². The van der Waals surface area contributed by atoms with Crippen LogP contribution in [0.2, 0.25) is 13.1 Å². The van der Waals surface area contributed by atoms with Crippen LogP contribution in [0.25, 0.3) is 0 Å². The second kappa shape index (κ2) is 2.57. The van der Waals surface area contributed by atoms with Crippen molar-refractivity contribution in [3.8, 4) is 0 Å². The second-order valence-corrected chi connectivity index (χ2v) is 8.49. The number of aliphatic hydroxyl groups excluding tert-OH is 1. The molecule has 1 nitrogen and oxygen atoms in total. The van der Waals surface area contributed by atoms with E-state index in [1.54, 1.807) is 16.0 Å². The van der Waals surface area contributed by atoms with Crippen molar-refractivity contribution in [1.82, 2.24) is 0 Å². The molecule has 0 saturated carbocycles. The van der Waals surface area contributed by atoms with E-state index in [1.165, 1.54) is 0 Å². The topological polar surface area (TPSA) is 20.2 Å². The number of aliphatic hydroxyl groups is 1. The van der Waals surface area contributed by atoms with Crippen LogP contribution in [-0.2, 0) is 0 Å². The van der Waals surface area contributed by atoms with E-state index in [1.807, 2.05) is 0 Å². The van der Waals surface area contributed by atoms with Gasteiger partial charge in [-0.25, -0.2) is 0 Å². The molecule has 0 aromatic rings. The van der Waals surface area contributed by atoms with Gasteiger partial charge in [0.1, 0.15) is 8.07 Å². The first kappa shape index (κ1) is 8.26. The fourth-order valence-electron chi connectivity index (χ4n) is 2.36. The van der Waals surface area contributed by atoms with E-state index >= 15 is 0 Å². The van der Waals surface area contributed by atoms with E-state index in [4.69, 9.17) is 5.11 Å². The predicted molar refractivity (Wildman–Crippen MR) is 52.2 cm³/mol. The largest absolute Gasteiger partial charge is 0.396 e. The molecule has 2 heteroatoms. The summed E-state index contributed by atoms with van der Waals surface area (Å²) in [5.74, 6) is 0. The van der Waals surface area contributed by atoms with Crippen LogP contribution < -0.4 is 0 Å². The zero-order valence-corrected chi connectivity index (χ0v) is 8.78. The lowest BCUT2D eigenvalue weighted by atomic mass is 10.1. The summed E-state index contributed by atoms with van der Waals surface area (Å²) in [6.45, 7) is 5.13. The summed E-state index contributed by atoms with van der Waals surface area (Å²) in [7, 11) is -1.06. The van der Waals surface area contributed by atoms with E-state index < -0.39 is 8.07 Å². The molecule has 2 aliphatic heterocycles. The Morgan fingerprint density at radius 1 is 1.50 bits per heavy atom. The second-order valence-electron chi connectivity index (χ2n) is 4.14. The van der Waals surface area contributed by atoms with Crippen LogP contribution in [0.3, 0.4) is 0 Å². The van der Waals surface area contributed by atoms with Gasteiger partial charge in [-0.2, -0.15) is 0 Å². The van der Waals surface area contributed by atoms with Gasteiger partial charge in [-0.15, -0.1) is 0 Å². The molecule has 0 spiro atoms. The number of hydrogen-bond acceptors (Lipinski definition) is 1. The third kappa shape index (κ3) is 0.881. The van der Waals surface area contributed by atoms with Crippen molar-refractivity contribution < 1.29 is 5.11 Å². The number of hydrogen-bond donors (Lipinski definition) is 1. The van der Waals surface area contributed by atoms with Gasteiger partial charge in [-0.3, -0.25) is 0 Å². The maximum atomic E-state index is 8.72. The van der Waals surface area contributed by atoms with E-state index in [-0.39, 0.29) is 0 Å². The van der Waals surface area contributed by atoms with Gasteiger partial charge < -0.3 is 5.11 Å². The first-order valence-corrected chi connectivity index (χ1v) is 7.63. The number of rotatable bonds is 3. The van der Waals surface area contributed by atoms with Gasteiger partial charge in [0.2, 0.25) is 0 Å².